The molecular weight excluding hydrogens is 264 g/mol. The number of amides is 1. The zero-order valence-corrected chi connectivity index (χ0v) is 12.8. The van der Waals surface area contributed by atoms with Gasteiger partial charge >= 0.3 is 0 Å². The summed E-state index contributed by atoms with van der Waals surface area (Å²) in [5, 5.41) is 3.06. The minimum absolute atomic E-state index is 0.0590. The third-order valence-corrected chi connectivity index (χ3v) is 3.42. The summed E-state index contributed by atoms with van der Waals surface area (Å²) in [5.41, 5.74) is 3.32. The molecule has 0 saturated carbocycles. The van der Waals surface area contributed by atoms with E-state index in [9.17, 15) is 4.79 Å². The molecule has 0 unspecified atom stereocenters. The van der Waals surface area contributed by atoms with Crippen molar-refractivity contribution in [2.45, 2.75) is 6.92 Å². The van der Waals surface area contributed by atoms with Crippen molar-refractivity contribution in [1.82, 2.24) is 0 Å². The first kappa shape index (κ1) is 14.9. The van der Waals surface area contributed by atoms with E-state index in [2.05, 4.69) is 5.32 Å². The third-order valence-electron chi connectivity index (χ3n) is 3.42. The summed E-state index contributed by atoms with van der Waals surface area (Å²) in [6.07, 6.45) is 0. The number of nitrogens with one attached hydrogen (secondary N) is 1. The molecule has 1 N–H and O–H groups in total. The van der Waals surface area contributed by atoms with E-state index >= 15 is 0 Å². The Kier molecular flexibility index (Phi) is 4.48. The van der Waals surface area contributed by atoms with Crippen molar-refractivity contribution in [2.75, 3.05) is 31.4 Å². The van der Waals surface area contributed by atoms with Gasteiger partial charge in [0.1, 0.15) is 5.75 Å². The van der Waals surface area contributed by atoms with Crippen LogP contribution in [0.25, 0.3) is 0 Å². The second-order valence-corrected chi connectivity index (χ2v) is 4.86. The Bertz CT molecular complexity index is 653. The van der Waals surface area contributed by atoms with Crippen LogP contribution in [-0.2, 0) is 0 Å². The maximum atomic E-state index is 12.7. The number of rotatable bonds is 4. The Hall–Kier alpha value is -2.49. The van der Waals surface area contributed by atoms with Crippen LogP contribution in [0.2, 0.25) is 0 Å². The standard InChI is InChI=1S/C17H20N2O2/c1-12-8-9-16(18-2)15(10-12)17(20)19(3)13-6-5-7-14(11-13)21-4/h5-11,18H,1-4H3. The lowest BCUT2D eigenvalue weighted by Gasteiger charge is -2.20. The number of hydrogen-bond acceptors (Lipinski definition) is 3. The number of aryl methyl sites for hydroxylation is 1. The zero-order valence-electron chi connectivity index (χ0n) is 12.8. The third kappa shape index (κ3) is 3.16. The molecule has 0 aliphatic rings. The second-order valence-electron chi connectivity index (χ2n) is 4.86. The Balaban J connectivity index is 2.36. The highest BCUT2D eigenvalue weighted by molar-refractivity contribution is 6.09. The number of carbonyl (C=O) groups excluding carboxylic acids is 1. The van der Waals surface area contributed by atoms with Crippen molar-refractivity contribution in [3.05, 3.63) is 53.6 Å². The predicted octanol–water partition coefficient (Wildman–Crippen LogP) is 3.32. The van der Waals surface area contributed by atoms with Crippen LogP contribution in [0, 0.1) is 6.92 Å². The van der Waals surface area contributed by atoms with Crippen LogP contribution in [0.1, 0.15) is 15.9 Å². The predicted molar refractivity (Wildman–Crippen MR) is 86.5 cm³/mol. The van der Waals surface area contributed by atoms with E-state index in [0.717, 1.165) is 22.7 Å². The first-order valence-electron chi connectivity index (χ1n) is 6.77. The summed E-state index contributed by atoms with van der Waals surface area (Å²) in [7, 11) is 5.19. The van der Waals surface area contributed by atoms with Gasteiger partial charge in [-0.1, -0.05) is 17.7 Å². The maximum Gasteiger partial charge on any atom is 0.260 e. The van der Waals surface area contributed by atoms with Crippen LogP contribution in [0.5, 0.6) is 5.75 Å². The summed E-state index contributed by atoms with van der Waals surface area (Å²) in [6, 6.07) is 13.2. The van der Waals surface area contributed by atoms with E-state index < -0.39 is 0 Å². The van der Waals surface area contributed by atoms with Crippen molar-refractivity contribution >= 4 is 17.3 Å². The number of carbonyl (C=O) groups is 1. The zero-order chi connectivity index (χ0) is 15.4. The molecule has 0 aromatic heterocycles. The fraction of sp³-hybridized carbons (Fsp3) is 0.235. The molecule has 2 aromatic rings. The summed E-state index contributed by atoms with van der Waals surface area (Å²) in [6.45, 7) is 1.97. The Morgan fingerprint density at radius 2 is 1.95 bits per heavy atom. The van der Waals surface area contributed by atoms with E-state index in [1.807, 2.05) is 56.4 Å². The molecule has 0 radical (unpaired) electrons. The molecule has 4 nitrogen and oxygen atoms in total. The number of ether oxygens (including phenoxy) is 1. The van der Waals surface area contributed by atoms with Crippen LogP contribution >= 0.6 is 0 Å². The lowest BCUT2D eigenvalue weighted by Crippen LogP contribution is -2.27. The molecule has 0 bridgehead atoms. The molecule has 0 aliphatic carbocycles. The quantitative estimate of drug-likeness (QED) is 0.936. The minimum Gasteiger partial charge on any atom is -0.497 e. The van der Waals surface area contributed by atoms with Gasteiger partial charge in [-0.05, 0) is 31.2 Å². The molecular formula is C17H20N2O2. The first-order chi connectivity index (χ1) is 10.1. The Labute approximate surface area is 125 Å². The first-order valence-corrected chi connectivity index (χ1v) is 6.77. The summed E-state index contributed by atoms with van der Waals surface area (Å²) in [4.78, 5) is 14.3. The number of nitrogens with zero attached hydrogens (tertiary/aromatic N) is 1. The molecule has 0 spiro atoms. The topological polar surface area (TPSA) is 41.6 Å². The summed E-state index contributed by atoms with van der Waals surface area (Å²) >= 11 is 0. The molecule has 4 heteroatoms. The molecule has 21 heavy (non-hydrogen) atoms. The van der Waals surface area contributed by atoms with Gasteiger partial charge in [0, 0.05) is 31.5 Å². The van der Waals surface area contributed by atoms with Crippen LogP contribution < -0.4 is 15.0 Å². The van der Waals surface area contributed by atoms with Crippen LogP contribution in [-0.4, -0.2) is 27.1 Å². The fourth-order valence-electron chi connectivity index (χ4n) is 2.17. The van der Waals surface area contributed by atoms with Gasteiger partial charge in [-0.2, -0.15) is 0 Å². The van der Waals surface area contributed by atoms with E-state index in [-0.39, 0.29) is 5.91 Å². The number of hydrogen-bond donors (Lipinski definition) is 1. The molecule has 0 atom stereocenters. The molecule has 110 valence electrons. The average Bonchev–Trinajstić information content (AvgIpc) is 2.53. The van der Waals surface area contributed by atoms with Gasteiger partial charge in [0.05, 0.1) is 12.7 Å². The highest BCUT2D eigenvalue weighted by Crippen LogP contribution is 2.24. The van der Waals surface area contributed by atoms with Gasteiger partial charge in [-0.3, -0.25) is 4.79 Å². The highest BCUT2D eigenvalue weighted by atomic mass is 16.5. The van der Waals surface area contributed by atoms with Gasteiger partial charge in [-0.15, -0.1) is 0 Å². The lowest BCUT2D eigenvalue weighted by molar-refractivity contribution is 0.0993. The normalized spacial score (nSPS) is 10.1. The lowest BCUT2D eigenvalue weighted by atomic mass is 10.1. The molecule has 0 fully saturated rings. The van der Waals surface area contributed by atoms with Gasteiger partial charge < -0.3 is 15.0 Å². The van der Waals surface area contributed by atoms with Crippen molar-refractivity contribution in [3.63, 3.8) is 0 Å². The molecule has 0 saturated heterocycles. The second kappa shape index (κ2) is 6.31. The monoisotopic (exact) mass is 284 g/mol. The van der Waals surface area contributed by atoms with Gasteiger partial charge in [-0.25, -0.2) is 0 Å². The van der Waals surface area contributed by atoms with Gasteiger partial charge in [0.25, 0.3) is 5.91 Å². The van der Waals surface area contributed by atoms with Gasteiger partial charge in [0.2, 0.25) is 0 Å². The number of benzene rings is 2. The largest absolute Gasteiger partial charge is 0.497 e. The van der Waals surface area contributed by atoms with Crippen molar-refractivity contribution < 1.29 is 9.53 Å². The average molecular weight is 284 g/mol. The van der Waals surface area contributed by atoms with Crippen LogP contribution in [0.4, 0.5) is 11.4 Å². The van der Waals surface area contributed by atoms with E-state index in [0.29, 0.717) is 5.56 Å². The fourth-order valence-corrected chi connectivity index (χ4v) is 2.17. The molecule has 0 aliphatic heterocycles. The maximum absolute atomic E-state index is 12.7. The molecule has 0 heterocycles. The van der Waals surface area contributed by atoms with Crippen LogP contribution in [0.3, 0.4) is 0 Å². The highest BCUT2D eigenvalue weighted by Gasteiger charge is 2.17. The van der Waals surface area contributed by atoms with Crippen molar-refractivity contribution in [2.24, 2.45) is 0 Å². The number of methoxy groups -OCH3 is 1. The SMILES string of the molecule is CNc1ccc(C)cc1C(=O)N(C)c1cccc(OC)c1. The Morgan fingerprint density at radius 1 is 1.19 bits per heavy atom. The van der Waals surface area contributed by atoms with Gasteiger partial charge in [0.15, 0.2) is 0 Å². The summed E-state index contributed by atoms with van der Waals surface area (Å²) in [5.74, 6) is 0.668. The van der Waals surface area contributed by atoms with Crippen molar-refractivity contribution in [1.29, 1.82) is 0 Å². The molecule has 2 rings (SSSR count). The smallest absolute Gasteiger partial charge is 0.260 e. The molecule has 1 amide bonds. The van der Waals surface area contributed by atoms with Crippen molar-refractivity contribution in [3.8, 4) is 5.75 Å². The minimum atomic E-state index is -0.0590. The van der Waals surface area contributed by atoms with Crippen LogP contribution in [0.15, 0.2) is 42.5 Å². The van der Waals surface area contributed by atoms with E-state index in [1.54, 1.807) is 19.1 Å². The van der Waals surface area contributed by atoms with E-state index in [1.165, 1.54) is 0 Å². The Morgan fingerprint density at radius 3 is 2.62 bits per heavy atom. The molecule has 2 aromatic carbocycles. The summed E-state index contributed by atoms with van der Waals surface area (Å²) < 4.78 is 5.20. The van der Waals surface area contributed by atoms with E-state index in [4.69, 9.17) is 4.74 Å². The number of anilines is 2.